The van der Waals surface area contributed by atoms with Gasteiger partial charge in [-0.15, -0.1) is 0 Å². The molecule has 3 rings (SSSR count). The topological polar surface area (TPSA) is 122 Å². The van der Waals surface area contributed by atoms with E-state index in [2.05, 4.69) is 33.1 Å². The number of ether oxygens (including phenoxy) is 4. The van der Waals surface area contributed by atoms with E-state index in [0.29, 0.717) is 40.7 Å². The Bertz CT molecular complexity index is 1280. The lowest BCUT2D eigenvalue weighted by molar-refractivity contribution is -0.384. The lowest BCUT2D eigenvalue weighted by Gasteiger charge is -2.13. The molecule has 0 aliphatic carbocycles. The molecule has 1 amide bonds. The van der Waals surface area contributed by atoms with E-state index in [-0.39, 0.29) is 12.3 Å². The minimum absolute atomic E-state index is 0.0174. The summed E-state index contributed by atoms with van der Waals surface area (Å²) in [6, 6.07) is 14.6. The molecule has 0 bridgehead atoms. The third-order valence-electron chi connectivity index (χ3n) is 5.05. The van der Waals surface area contributed by atoms with Crippen LogP contribution in [0.1, 0.15) is 34.8 Å². The van der Waals surface area contributed by atoms with E-state index >= 15 is 0 Å². The quantitative estimate of drug-likeness (QED) is 0.126. The number of nitrogens with one attached hydrogen (secondary N) is 1. The molecule has 0 aliphatic rings. The number of amides is 1. The zero-order valence-corrected chi connectivity index (χ0v) is 22.7. The summed E-state index contributed by atoms with van der Waals surface area (Å²) in [6.07, 6.45) is 2.36. The Morgan fingerprint density at radius 2 is 1.76 bits per heavy atom. The fourth-order valence-corrected chi connectivity index (χ4v) is 3.97. The van der Waals surface area contributed by atoms with E-state index in [1.165, 1.54) is 32.6 Å². The summed E-state index contributed by atoms with van der Waals surface area (Å²) in [5.74, 6) is 1.64. The summed E-state index contributed by atoms with van der Waals surface area (Å²) in [4.78, 5) is 22.9. The first-order chi connectivity index (χ1) is 17.9. The molecule has 0 saturated carbocycles. The molecule has 10 nitrogen and oxygen atoms in total. The number of carbonyl (C=O) groups is 1. The van der Waals surface area contributed by atoms with Crippen LogP contribution < -0.4 is 24.4 Å². The van der Waals surface area contributed by atoms with E-state index in [1.807, 2.05) is 13.0 Å². The summed E-state index contributed by atoms with van der Waals surface area (Å²) >= 11 is 2.12. The van der Waals surface area contributed by atoms with Crippen LogP contribution in [0.4, 0.5) is 5.69 Å². The van der Waals surface area contributed by atoms with E-state index in [4.69, 9.17) is 18.9 Å². The number of hydrogen-bond donors (Lipinski definition) is 1. The van der Waals surface area contributed by atoms with Gasteiger partial charge in [-0.2, -0.15) is 5.10 Å². The van der Waals surface area contributed by atoms with Gasteiger partial charge in [0.15, 0.2) is 23.0 Å². The minimum Gasteiger partial charge on any atom is -0.493 e. The molecule has 0 aliphatic heterocycles. The van der Waals surface area contributed by atoms with Gasteiger partial charge in [0.1, 0.15) is 6.61 Å². The first-order valence-corrected chi connectivity index (χ1v) is 12.3. The van der Waals surface area contributed by atoms with Crippen LogP contribution in [0.15, 0.2) is 59.7 Å². The highest BCUT2D eigenvalue weighted by Gasteiger charge is 2.13. The summed E-state index contributed by atoms with van der Waals surface area (Å²) in [5.41, 5.74) is 4.36. The summed E-state index contributed by atoms with van der Waals surface area (Å²) in [5, 5.41) is 14.9. The van der Waals surface area contributed by atoms with Gasteiger partial charge in [-0.3, -0.25) is 14.9 Å². The summed E-state index contributed by atoms with van der Waals surface area (Å²) in [7, 11) is 3.04. The van der Waals surface area contributed by atoms with Crippen LogP contribution in [0, 0.1) is 13.7 Å². The Hall–Kier alpha value is -3.87. The Kier molecular flexibility index (Phi) is 10.1. The maximum atomic E-state index is 12.5. The first-order valence-electron chi connectivity index (χ1n) is 11.2. The van der Waals surface area contributed by atoms with Gasteiger partial charge in [-0.25, -0.2) is 5.43 Å². The normalized spacial score (nSPS) is 10.7. The summed E-state index contributed by atoms with van der Waals surface area (Å²) < 4.78 is 23.1. The largest absolute Gasteiger partial charge is 0.493 e. The zero-order chi connectivity index (χ0) is 26.8. The number of non-ortho nitro benzene ring substituents is 1. The highest BCUT2D eigenvalue weighted by molar-refractivity contribution is 14.1. The Labute approximate surface area is 227 Å². The molecule has 0 saturated heterocycles. The van der Waals surface area contributed by atoms with Gasteiger partial charge in [-0.05, 0) is 82.6 Å². The Morgan fingerprint density at radius 3 is 2.41 bits per heavy atom. The number of hydrogen-bond acceptors (Lipinski definition) is 8. The molecule has 3 aromatic rings. The van der Waals surface area contributed by atoms with Gasteiger partial charge >= 0.3 is 0 Å². The predicted octanol–water partition coefficient (Wildman–Crippen LogP) is 5.35. The average Bonchev–Trinajstić information content (AvgIpc) is 2.91. The van der Waals surface area contributed by atoms with Gasteiger partial charge in [0.2, 0.25) is 0 Å². The molecule has 0 spiro atoms. The van der Waals surface area contributed by atoms with Crippen LogP contribution in [0.25, 0.3) is 0 Å². The zero-order valence-electron chi connectivity index (χ0n) is 20.5. The number of halogens is 1. The van der Waals surface area contributed by atoms with Crippen molar-refractivity contribution in [3.63, 3.8) is 0 Å². The molecule has 1 N–H and O–H groups in total. The van der Waals surface area contributed by atoms with Crippen molar-refractivity contribution in [1.29, 1.82) is 0 Å². The average molecular weight is 619 g/mol. The molecular weight excluding hydrogens is 593 g/mol. The molecule has 0 heterocycles. The third-order valence-corrected chi connectivity index (χ3v) is 5.85. The number of nitro groups is 1. The van der Waals surface area contributed by atoms with Crippen LogP contribution in [0.5, 0.6) is 23.0 Å². The minimum atomic E-state index is -0.449. The van der Waals surface area contributed by atoms with Crippen molar-refractivity contribution >= 4 is 40.4 Å². The van der Waals surface area contributed by atoms with Gasteiger partial charge in [0, 0.05) is 17.7 Å². The number of methoxy groups -OCH3 is 2. The monoisotopic (exact) mass is 619 g/mol. The molecule has 0 unspecified atom stereocenters. The van der Waals surface area contributed by atoms with Crippen LogP contribution >= 0.6 is 22.6 Å². The van der Waals surface area contributed by atoms with Gasteiger partial charge in [-0.1, -0.05) is 6.92 Å². The standard InChI is InChI=1S/C26H26IN3O7/c1-4-11-36-22-10-7-19(14-23(22)34-2)26(31)29-28-15-18-12-21(27)25(24(13-18)35-3)37-16-17-5-8-20(9-6-17)30(32)33/h5-10,12-15H,4,11,16H2,1-3H3,(H,29,31)/b28-15+. The van der Waals surface area contributed by atoms with Crippen molar-refractivity contribution in [2.45, 2.75) is 20.0 Å². The number of benzene rings is 3. The molecule has 0 atom stereocenters. The molecule has 194 valence electrons. The van der Waals surface area contributed by atoms with E-state index in [9.17, 15) is 14.9 Å². The second-order valence-corrected chi connectivity index (χ2v) is 8.82. The second-order valence-electron chi connectivity index (χ2n) is 7.66. The smallest absolute Gasteiger partial charge is 0.271 e. The number of hydrazone groups is 1. The first kappa shape index (κ1) is 27.7. The van der Waals surface area contributed by atoms with Gasteiger partial charge < -0.3 is 18.9 Å². The van der Waals surface area contributed by atoms with Crippen LogP contribution in [-0.2, 0) is 6.61 Å². The summed E-state index contributed by atoms with van der Waals surface area (Å²) in [6.45, 7) is 2.76. The Balaban J connectivity index is 1.66. The van der Waals surface area contributed by atoms with E-state index < -0.39 is 10.8 Å². The maximum Gasteiger partial charge on any atom is 0.271 e. The predicted molar refractivity (Wildman–Crippen MR) is 147 cm³/mol. The fraction of sp³-hybridized carbons (Fsp3) is 0.231. The number of nitrogens with zero attached hydrogens (tertiary/aromatic N) is 2. The molecule has 0 fully saturated rings. The molecule has 37 heavy (non-hydrogen) atoms. The van der Waals surface area contributed by atoms with Crippen molar-refractivity contribution in [1.82, 2.24) is 5.43 Å². The van der Waals surface area contributed by atoms with Crippen molar-refractivity contribution in [3.8, 4) is 23.0 Å². The van der Waals surface area contributed by atoms with Crippen molar-refractivity contribution < 1.29 is 28.7 Å². The Morgan fingerprint density at radius 1 is 1.03 bits per heavy atom. The van der Waals surface area contributed by atoms with Crippen LogP contribution in [0.2, 0.25) is 0 Å². The maximum absolute atomic E-state index is 12.5. The number of nitro benzene ring substituents is 1. The SMILES string of the molecule is CCCOc1ccc(C(=O)N/N=C/c2cc(I)c(OCc3ccc([N+](=O)[O-])cc3)c(OC)c2)cc1OC. The number of rotatable bonds is 12. The molecular formula is C26H26IN3O7. The highest BCUT2D eigenvalue weighted by atomic mass is 127. The van der Waals surface area contributed by atoms with Crippen molar-refractivity contribution in [2.75, 3.05) is 20.8 Å². The van der Waals surface area contributed by atoms with Crippen LogP contribution in [0.3, 0.4) is 0 Å². The fourth-order valence-electron chi connectivity index (χ4n) is 3.19. The number of carbonyl (C=O) groups excluding carboxylic acids is 1. The van der Waals surface area contributed by atoms with E-state index in [1.54, 1.807) is 36.4 Å². The lowest BCUT2D eigenvalue weighted by Crippen LogP contribution is -2.17. The molecule has 3 aromatic carbocycles. The van der Waals surface area contributed by atoms with Crippen molar-refractivity contribution in [2.24, 2.45) is 5.10 Å². The molecule has 11 heteroatoms. The van der Waals surface area contributed by atoms with Gasteiger partial charge in [0.05, 0.1) is 35.5 Å². The second kappa shape index (κ2) is 13.4. The van der Waals surface area contributed by atoms with Crippen molar-refractivity contribution in [3.05, 3.63) is 85.0 Å². The van der Waals surface area contributed by atoms with Crippen LogP contribution in [-0.4, -0.2) is 37.9 Å². The third kappa shape index (κ3) is 7.56. The lowest BCUT2D eigenvalue weighted by atomic mass is 10.2. The molecule has 0 radical (unpaired) electrons. The molecule has 0 aromatic heterocycles. The highest BCUT2D eigenvalue weighted by Crippen LogP contribution is 2.34. The van der Waals surface area contributed by atoms with Gasteiger partial charge in [0.25, 0.3) is 11.6 Å². The van der Waals surface area contributed by atoms with E-state index in [0.717, 1.165) is 15.6 Å².